The summed E-state index contributed by atoms with van der Waals surface area (Å²) in [4.78, 5) is 14.6. The van der Waals surface area contributed by atoms with Crippen LogP contribution in [-0.2, 0) is 0 Å². The van der Waals surface area contributed by atoms with Crippen LogP contribution in [0.3, 0.4) is 0 Å². The third-order valence-electron chi connectivity index (χ3n) is 2.27. The Kier molecular flexibility index (Phi) is 3.33. The van der Waals surface area contributed by atoms with Gasteiger partial charge in [0, 0.05) is 23.5 Å². The number of H-pyrrole nitrogens is 1. The van der Waals surface area contributed by atoms with Crippen molar-refractivity contribution in [2.24, 2.45) is 0 Å². The first kappa shape index (κ1) is 12.3. The maximum Gasteiger partial charge on any atom is 0.212 e. The number of pyridine rings is 1. The molecule has 0 amide bonds. The number of benzene rings is 1. The van der Waals surface area contributed by atoms with E-state index in [4.69, 9.17) is 40.5 Å². The molecule has 0 aliphatic heterocycles. The van der Waals surface area contributed by atoms with Crippen LogP contribution in [0.25, 0.3) is 11.1 Å². The molecule has 3 N–H and O–H groups in total. The summed E-state index contributed by atoms with van der Waals surface area (Å²) in [5.74, 6) is 0. The second-order valence-electron chi connectivity index (χ2n) is 3.40. The first-order valence-electron chi connectivity index (χ1n) is 4.62. The third-order valence-corrected chi connectivity index (χ3v) is 3.31. The largest absolute Gasteiger partial charge is 0.394 e. The maximum absolute atomic E-state index is 11.8. The Hall–Kier alpha value is -1.16. The zero-order valence-electron chi connectivity index (χ0n) is 8.43. The Balaban J connectivity index is 2.73. The van der Waals surface area contributed by atoms with E-state index in [0.29, 0.717) is 26.2 Å². The topological polar surface area (TPSA) is 58.9 Å². The Morgan fingerprint density at radius 3 is 2.29 bits per heavy atom. The molecular formula is C11H7Cl3N2O. The van der Waals surface area contributed by atoms with Gasteiger partial charge in [-0.3, -0.25) is 4.79 Å². The summed E-state index contributed by atoms with van der Waals surface area (Å²) in [6, 6.07) is 3.03. The van der Waals surface area contributed by atoms with Gasteiger partial charge < -0.3 is 10.7 Å². The van der Waals surface area contributed by atoms with Crippen molar-refractivity contribution in [3.63, 3.8) is 0 Å². The number of hydrogen-bond acceptors (Lipinski definition) is 2. The van der Waals surface area contributed by atoms with Gasteiger partial charge in [-0.2, -0.15) is 0 Å². The molecule has 0 fully saturated rings. The molecule has 1 aromatic carbocycles. The number of anilines is 1. The molecule has 0 spiro atoms. The van der Waals surface area contributed by atoms with Gasteiger partial charge in [-0.15, -0.1) is 0 Å². The van der Waals surface area contributed by atoms with Crippen LogP contribution >= 0.6 is 34.8 Å². The summed E-state index contributed by atoms with van der Waals surface area (Å²) in [5, 5.41) is 1.00. The highest BCUT2D eigenvalue weighted by Crippen LogP contribution is 2.33. The molecule has 0 aliphatic carbocycles. The summed E-state index contributed by atoms with van der Waals surface area (Å²) in [5.41, 5.74) is 6.19. The van der Waals surface area contributed by atoms with Crippen LogP contribution in [0.1, 0.15) is 0 Å². The molecule has 0 unspecified atom stereocenters. The number of aromatic nitrogens is 1. The van der Waals surface area contributed by atoms with E-state index in [-0.39, 0.29) is 11.1 Å². The van der Waals surface area contributed by atoms with Crippen LogP contribution in [0.2, 0.25) is 15.1 Å². The second-order valence-corrected chi connectivity index (χ2v) is 4.62. The van der Waals surface area contributed by atoms with Gasteiger partial charge in [-0.25, -0.2) is 0 Å². The predicted molar refractivity (Wildman–Crippen MR) is 71.9 cm³/mol. The van der Waals surface area contributed by atoms with Crippen LogP contribution < -0.4 is 11.2 Å². The summed E-state index contributed by atoms with van der Waals surface area (Å²) >= 11 is 17.7. The Morgan fingerprint density at radius 2 is 1.59 bits per heavy atom. The molecule has 2 rings (SSSR count). The van der Waals surface area contributed by atoms with E-state index in [1.165, 1.54) is 24.5 Å². The average Bonchev–Trinajstić information content (AvgIpc) is 2.28. The Labute approximate surface area is 112 Å². The molecule has 0 atom stereocenters. The van der Waals surface area contributed by atoms with E-state index in [2.05, 4.69) is 4.98 Å². The zero-order valence-corrected chi connectivity index (χ0v) is 10.7. The van der Waals surface area contributed by atoms with Gasteiger partial charge >= 0.3 is 0 Å². The first-order valence-corrected chi connectivity index (χ1v) is 5.75. The second kappa shape index (κ2) is 4.61. The van der Waals surface area contributed by atoms with Gasteiger partial charge in [-0.1, -0.05) is 34.8 Å². The van der Waals surface area contributed by atoms with E-state index in [0.717, 1.165) is 0 Å². The molecule has 0 radical (unpaired) electrons. The van der Waals surface area contributed by atoms with Crippen LogP contribution in [0.5, 0.6) is 0 Å². The lowest BCUT2D eigenvalue weighted by Gasteiger charge is -2.06. The van der Waals surface area contributed by atoms with E-state index < -0.39 is 0 Å². The molecule has 0 saturated heterocycles. The number of aromatic amines is 1. The number of nitrogen functional groups attached to an aromatic ring is 1. The quantitative estimate of drug-likeness (QED) is 0.788. The van der Waals surface area contributed by atoms with Gasteiger partial charge in [0.2, 0.25) is 5.43 Å². The van der Waals surface area contributed by atoms with Crippen molar-refractivity contribution < 1.29 is 0 Å². The minimum absolute atomic E-state index is 0.115. The summed E-state index contributed by atoms with van der Waals surface area (Å²) in [6.07, 6.45) is 2.93. The van der Waals surface area contributed by atoms with E-state index in [9.17, 15) is 4.79 Å². The third kappa shape index (κ3) is 2.27. The molecule has 6 heteroatoms. The van der Waals surface area contributed by atoms with Crippen LogP contribution in [-0.4, -0.2) is 4.98 Å². The van der Waals surface area contributed by atoms with E-state index >= 15 is 0 Å². The standard InChI is InChI=1S/C11H7Cl3N2O/c12-7-2-9(14)8(13)1-5(7)6-3-16-4-10(15)11(6)17/h1-4H,15H2,(H,16,17). The molecule has 0 aliphatic rings. The summed E-state index contributed by atoms with van der Waals surface area (Å²) in [6.45, 7) is 0. The average molecular weight is 290 g/mol. The molecular weight excluding hydrogens is 282 g/mol. The summed E-state index contributed by atoms with van der Waals surface area (Å²) in [7, 11) is 0. The SMILES string of the molecule is Nc1c[nH]cc(-c2cc(Cl)c(Cl)cc2Cl)c1=O. The molecule has 0 saturated carbocycles. The van der Waals surface area contributed by atoms with Crippen molar-refractivity contribution in [1.29, 1.82) is 0 Å². The number of halogens is 3. The fourth-order valence-corrected chi connectivity index (χ4v) is 2.08. The lowest BCUT2D eigenvalue weighted by molar-refractivity contribution is 1.31. The molecule has 88 valence electrons. The minimum atomic E-state index is -0.302. The van der Waals surface area contributed by atoms with Gasteiger partial charge in [0.05, 0.1) is 20.8 Å². The molecule has 2 aromatic rings. The first-order chi connectivity index (χ1) is 8.00. The normalized spacial score (nSPS) is 10.5. The molecule has 3 nitrogen and oxygen atoms in total. The van der Waals surface area contributed by atoms with Crippen molar-refractivity contribution in [2.45, 2.75) is 0 Å². The van der Waals surface area contributed by atoms with Gasteiger partial charge in [0.15, 0.2) is 0 Å². The number of hydrogen-bond donors (Lipinski definition) is 2. The molecule has 0 bridgehead atoms. The maximum atomic E-state index is 11.8. The van der Waals surface area contributed by atoms with Crippen molar-refractivity contribution >= 4 is 40.5 Å². The van der Waals surface area contributed by atoms with Gasteiger partial charge in [-0.05, 0) is 12.1 Å². The van der Waals surface area contributed by atoms with Crippen LogP contribution in [0, 0.1) is 0 Å². The van der Waals surface area contributed by atoms with E-state index in [1.54, 1.807) is 0 Å². The molecule has 1 aromatic heterocycles. The van der Waals surface area contributed by atoms with Crippen molar-refractivity contribution in [3.8, 4) is 11.1 Å². The molecule has 1 heterocycles. The zero-order chi connectivity index (χ0) is 12.6. The van der Waals surface area contributed by atoms with Gasteiger partial charge in [0.1, 0.15) is 0 Å². The smallest absolute Gasteiger partial charge is 0.212 e. The van der Waals surface area contributed by atoms with Crippen molar-refractivity contribution in [2.75, 3.05) is 5.73 Å². The van der Waals surface area contributed by atoms with Crippen molar-refractivity contribution in [1.82, 2.24) is 4.98 Å². The van der Waals surface area contributed by atoms with Crippen LogP contribution in [0.15, 0.2) is 29.3 Å². The monoisotopic (exact) mass is 288 g/mol. The highest BCUT2D eigenvalue weighted by molar-refractivity contribution is 6.44. The van der Waals surface area contributed by atoms with E-state index in [1.807, 2.05) is 0 Å². The lowest BCUT2D eigenvalue weighted by Crippen LogP contribution is -2.10. The highest BCUT2D eigenvalue weighted by atomic mass is 35.5. The predicted octanol–water partition coefficient (Wildman–Crippen LogP) is 3.58. The number of nitrogens with two attached hydrogens (primary N) is 1. The van der Waals surface area contributed by atoms with Gasteiger partial charge in [0.25, 0.3) is 0 Å². The van der Waals surface area contributed by atoms with Crippen LogP contribution in [0.4, 0.5) is 5.69 Å². The Morgan fingerprint density at radius 1 is 0.941 bits per heavy atom. The number of rotatable bonds is 1. The fraction of sp³-hybridized carbons (Fsp3) is 0. The molecule has 17 heavy (non-hydrogen) atoms. The Bertz CT molecular complexity index is 637. The fourth-order valence-electron chi connectivity index (χ4n) is 1.43. The van der Waals surface area contributed by atoms with Crippen molar-refractivity contribution in [3.05, 3.63) is 49.8 Å². The lowest BCUT2D eigenvalue weighted by atomic mass is 10.1. The minimum Gasteiger partial charge on any atom is -0.394 e. The summed E-state index contributed by atoms with van der Waals surface area (Å²) < 4.78 is 0. The number of nitrogens with one attached hydrogen (secondary N) is 1. The highest BCUT2D eigenvalue weighted by Gasteiger charge is 2.12.